The van der Waals surface area contributed by atoms with Crippen molar-refractivity contribution in [2.24, 2.45) is 0 Å². The minimum absolute atomic E-state index is 0.0517. The molecule has 1 aliphatic rings. The zero-order valence-corrected chi connectivity index (χ0v) is 15.0. The van der Waals surface area contributed by atoms with Crippen molar-refractivity contribution < 1.29 is 23.9 Å². The van der Waals surface area contributed by atoms with Gasteiger partial charge in [0.2, 0.25) is 5.91 Å². The van der Waals surface area contributed by atoms with Crippen LogP contribution in [0.5, 0.6) is 0 Å². The maximum atomic E-state index is 12.3. The second kappa shape index (κ2) is 7.54. The van der Waals surface area contributed by atoms with Gasteiger partial charge in [0.1, 0.15) is 12.1 Å². The molecule has 1 aromatic rings. The van der Waals surface area contributed by atoms with Crippen molar-refractivity contribution in [2.75, 3.05) is 31.6 Å². The molecule has 9 nitrogen and oxygen atoms in total. The van der Waals surface area contributed by atoms with Crippen LogP contribution in [-0.2, 0) is 25.6 Å². The van der Waals surface area contributed by atoms with Crippen LogP contribution in [-0.4, -0.2) is 65.0 Å². The summed E-state index contributed by atoms with van der Waals surface area (Å²) in [6.07, 6.45) is 1.41. The van der Waals surface area contributed by atoms with Crippen molar-refractivity contribution in [1.82, 2.24) is 14.7 Å². The summed E-state index contributed by atoms with van der Waals surface area (Å²) < 4.78 is 11.5. The third-order valence-corrected chi connectivity index (χ3v) is 3.55. The average molecular weight is 352 g/mol. The highest BCUT2D eigenvalue weighted by Gasteiger charge is 2.31. The highest BCUT2D eigenvalue weighted by Crippen LogP contribution is 2.17. The van der Waals surface area contributed by atoms with Gasteiger partial charge in [-0.05, 0) is 20.8 Å². The van der Waals surface area contributed by atoms with E-state index in [2.05, 4.69) is 9.84 Å². The van der Waals surface area contributed by atoms with E-state index in [0.29, 0.717) is 25.5 Å². The van der Waals surface area contributed by atoms with Crippen LogP contribution in [0, 0.1) is 0 Å². The quantitative estimate of drug-likeness (QED) is 0.751. The van der Waals surface area contributed by atoms with Crippen LogP contribution in [0.2, 0.25) is 0 Å². The standard InChI is InChI=1S/C16H24N4O5/c1-16(2,3)25-15(23)18-9-10-20(13(21)11-18)12-5-7-19(17-12)8-6-14(22)24-4/h5,7H,6,8-11H2,1-4H3. The Morgan fingerprint density at radius 2 is 2.00 bits per heavy atom. The van der Waals surface area contributed by atoms with E-state index in [4.69, 9.17) is 4.74 Å². The molecule has 0 aromatic carbocycles. The van der Waals surface area contributed by atoms with Gasteiger partial charge in [0.15, 0.2) is 5.82 Å². The van der Waals surface area contributed by atoms with Crippen molar-refractivity contribution in [3.63, 3.8) is 0 Å². The van der Waals surface area contributed by atoms with E-state index >= 15 is 0 Å². The van der Waals surface area contributed by atoms with Gasteiger partial charge in [0, 0.05) is 25.4 Å². The minimum Gasteiger partial charge on any atom is -0.469 e. The molecule has 0 aliphatic carbocycles. The van der Waals surface area contributed by atoms with Crippen LogP contribution in [0.1, 0.15) is 27.2 Å². The first-order valence-electron chi connectivity index (χ1n) is 8.08. The Bertz CT molecular complexity index is 649. The van der Waals surface area contributed by atoms with E-state index in [-0.39, 0.29) is 24.8 Å². The molecule has 1 saturated heterocycles. The number of amides is 2. The lowest BCUT2D eigenvalue weighted by Crippen LogP contribution is -2.53. The largest absolute Gasteiger partial charge is 0.469 e. The number of ether oxygens (including phenoxy) is 2. The average Bonchev–Trinajstić information content (AvgIpc) is 2.99. The summed E-state index contributed by atoms with van der Waals surface area (Å²) in [6, 6.07) is 1.71. The van der Waals surface area contributed by atoms with Gasteiger partial charge in [-0.1, -0.05) is 0 Å². The molecule has 0 unspecified atom stereocenters. The SMILES string of the molecule is COC(=O)CCn1ccc(N2CCN(C(=O)OC(C)(C)C)CC2=O)n1. The number of hydrogen-bond acceptors (Lipinski definition) is 6. The molecule has 2 amide bonds. The molecule has 0 spiro atoms. The smallest absolute Gasteiger partial charge is 0.410 e. The van der Waals surface area contributed by atoms with Crippen molar-refractivity contribution in [3.05, 3.63) is 12.3 Å². The number of esters is 1. The van der Waals surface area contributed by atoms with Gasteiger partial charge in [0.05, 0.1) is 20.1 Å². The predicted octanol–water partition coefficient (Wildman–Crippen LogP) is 1.03. The summed E-state index contributed by atoms with van der Waals surface area (Å²) in [5.74, 6) is -0.0480. The first-order valence-corrected chi connectivity index (χ1v) is 8.08. The fraction of sp³-hybridized carbons (Fsp3) is 0.625. The van der Waals surface area contributed by atoms with Gasteiger partial charge in [-0.3, -0.25) is 24.1 Å². The highest BCUT2D eigenvalue weighted by molar-refractivity contribution is 5.96. The fourth-order valence-corrected chi connectivity index (χ4v) is 2.33. The highest BCUT2D eigenvalue weighted by atomic mass is 16.6. The van der Waals surface area contributed by atoms with Gasteiger partial charge in [-0.2, -0.15) is 5.10 Å². The number of carbonyl (C=O) groups excluding carboxylic acids is 3. The van der Waals surface area contributed by atoms with Gasteiger partial charge in [-0.15, -0.1) is 0 Å². The minimum atomic E-state index is -0.602. The van der Waals surface area contributed by atoms with E-state index in [1.807, 2.05) is 0 Å². The molecule has 0 radical (unpaired) electrons. The summed E-state index contributed by atoms with van der Waals surface area (Å²) in [4.78, 5) is 38.5. The number of rotatable bonds is 4. The van der Waals surface area contributed by atoms with Crippen molar-refractivity contribution in [1.29, 1.82) is 0 Å². The summed E-state index contributed by atoms with van der Waals surface area (Å²) in [5.41, 5.74) is -0.602. The van der Waals surface area contributed by atoms with E-state index in [1.165, 1.54) is 16.9 Å². The number of aromatic nitrogens is 2. The number of nitrogens with zero attached hydrogens (tertiary/aromatic N) is 4. The molecule has 2 rings (SSSR count). The fourth-order valence-electron chi connectivity index (χ4n) is 2.33. The van der Waals surface area contributed by atoms with E-state index in [1.54, 1.807) is 37.7 Å². The summed E-state index contributed by atoms with van der Waals surface area (Å²) >= 11 is 0. The third kappa shape index (κ3) is 5.20. The molecule has 25 heavy (non-hydrogen) atoms. The summed E-state index contributed by atoms with van der Waals surface area (Å²) in [7, 11) is 1.33. The molecule has 1 aromatic heterocycles. The Hall–Kier alpha value is -2.58. The Kier molecular flexibility index (Phi) is 5.66. The molecule has 2 heterocycles. The van der Waals surface area contributed by atoms with Gasteiger partial charge >= 0.3 is 12.1 Å². The number of carbonyl (C=O) groups is 3. The number of piperazine rings is 1. The van der Waals surface area contributed by atoms with Crippen LogP contribution in [0.15, 0.2) is 12.3 Å². The second-order valence-electron chi connectivity index (χ2n) is 6.71. The molecule has 0 saturated carbocycles. The monoisotopic (exact) mass is 352 g/mol. The predicted molar refractivity (Wildman–Crippen MR) is 89.0 cm³/mol. The van der Waals surface area contributed by atoms with Crippen molar-refractivity contribution in [2.45, 2.75) is 39.3 Å². The normalized spacial score (nSPS) is 15.3. The van der Waals surface area contributed by atoms with Crippen LogP contribution in [0.3, 0.4) is 0 Å². The molecule has 1 fully saturated rings. The Morgan fingerprint density at radius 3 is 2.60 bits per heavy atom. The van der Waals surface area contributed by atoms with Gasteiger partial charge < -0.3 is 9.47 Å². The third-order valence-electron chi connectivity index (χ3n) is 3.55. The molecule has 9 heteroatoms. The Labute approximate surface area is 146 Å². The van der Waals surface area contributed by atoms with E-state index in [0.717, 1.165) is 0 Å². The molecule has 138 valence electrons. The number of hydrogen-bond donors (Lipinski definition) is 0. The maximum absolute atomic E-state index is 12.3. The molecular formula is C16H24N4O5. The van der Waals surface area contributed by atoms with Crippen LogP contribution >= 0.6 is 0 Å². The lowest BCUT2D eigenvalue weighted by Gasteiger charge is -2.34. The number of anilines is 1. The van der Waals surface area contributed by atoms with Crippen molar-refractivity contribution in [3.8, 4) is 0 Å². The Balaban J connectivity index is 1.93. The lowest BCUT2D eigenvalue weighted by molar-refractivity contribution is -0.140. The molecule has 0 atom stereocenters. The number of aryl methyl sites for hydroxylation is 1. The van der Waals surface area contributed by atoms with Crippen LogP contribution < -0.4 is 4.90 Å². The lowest BCUT2D eigenvalue weighted by atomic mass is 10.2. The van der Waals surface area contributed by atoms with E-state index < -0.39 is 11.7 Å². The molecule has 0 N–H and O–H groups in total. The van der Waals surface area contributed by atoms with Crippen LogP contribution in [0.4, 0.5) is 10.6 Å². The first-order chi connectivity index (χ1) is 11.7. The Morgan fingerprint density at radius 1 is 1.28 bits per heavy atom. The number of methoxy groups -OCH3 is 1. The summed E-state index contributed by atoms with van der Waals surface area (Å²) in [6.45, 7) is 6.38. The molecule has 1 aliphatic heterocycles. The second-order valence-corrected chi connectivity index (χ2v) is 6.71. The zero-order chi connectivity index (χ0) is 18.6. The maximum Gasteiger partial charge on any atom is 0.410 e. The van der Waals surface area contributed by atoms with Gasteiger partial charge in [0.25, 0.3) is 0 Å². The molecule has 0 bridgehead atoms. The topological polar surface area (TPSA) is 94.0 Å². The molecular weight excluding hydrogens is 328 g/mol. The van der Waals surface area contributed by atoms with E-state index in [9.17, 15) is 14.4 Å². The van der Waals surface area contributed by atoms with Crippen LogP contribution in [0.25, 0.3) is 0 Å². The first kappa shape index (κ1) is 18.8. The summed E-state index contributed by atoms with van der Waals surface area (Å²) in [5, 5.41) is 4.30. The van der Waals surface area contributed by atoms with Gasteiger partial charge in [-0.25, -0.2) is 4.79 Å². The zero-order valence-electron chi connectivity index (χ0n) is 15.0. The van der Waals surface area contributed by atoms with Crippen molar-refractivity contribution >= 4 is 23.8 Å².